The Bertz CT molecular complexity index is 503. The number of aliphatic imine (C=N–C) groups is 1. The Morgan fingerprint density at radius 2 is 2.12 bits per heavy atom. The van der Waals surface area contributed by atoms with Gasteiger partial charge >= 0.3 is 0 Å². The average Bonchev–Trinajstić information content (AvgIpc) is 3.10. The summed E-state index contributed by atoms with van der Waals surface area (Å²) < 4.78 is 7.26. The van der Waals surface area contributed by atoms with E-state index in [1.807, 2.05) is 30.8 Å². The molecular weight excluding hydrogens is 447 g/mol. The van der Waals surface area contributed by atoms with Gasteiger partial charge in [-0.05, 0) is 26.3 Å². The fraction of sp³-hybridized carbons (Fsp3) is 0.765. The lowest BCUT2D eigenvalue weighted by molar-refractivity contribution is -0.0179. The van der Waals surface area contributed by atoms with Crippen LogP contribution >= 0.6 is 24.0 Å². The fourth-order valence-corrected chi connectivity index (χ4v) is 2.76. The summed E-state index contributed by atoms with van der Waals surface area (Å²) in [6, 6.07) is 1.93. The van der Waals surface area contributed by atoms with Crippen LogP contribution < -0.4 is 10.6 Å². The molecule has 0 radical (unpaired) electrons. The molecule has 1 aromatic heterocycles. The second-order valence-electron chi connectivity index (χ2n) is 6.63. The molecule has 1 aliphatic heterocycles. The summed E-state index contributed by atoms with van der Waals surface area (Å²) in [5.41, 5.74) is -0.852. The zero-order chi connectivity index (χ0) is 18.0. The molecule has 0 aromatic carbocycles. The van der Waals surface area contributed by atoms with Gasteiger partial charge in [-0.25, -0.2) is 0 Å². The third-order valence-electron chi connectivity index (χ3n) is 4.01. The molecule has 26 heavy (non-hydrogen) atoms. The van der Waals surface area contributed by atoms with Crippen molar-refractivity contribution in [2.45, 2.75) is 32.4 Å². The van der Waals surface area contributed by atoms with Crippen molar-refractivity contribution in [1.82, 2.24) is 25.3 Å². The quantitative estimate of drug-likeness (QED) is 0.207. The first-order valence-electron chi connectivity index (χ1n) is 9.11. The summed E-state index contributed by atoms with van der Waals surface area (Å²) in [7, 11) is 0. The highest BCUT2D eigenvalue weighted by Crippen LogP contribution is 2.09. The third-order valence-corrected chi connectivity index (χ3v) is 4.01. The number of aromatic nitrogens is 2. The molecule has 8 nitrogen and oxygen atoms in total. The smallest absolute Gasteiger partial charge is 0.191 e. The average molecular weight is 480 g/mol. The van der Waals surface area contributed by atoms with Crippen molar-refractivity contribution in [2.24, 2.45) is 4.99 Å². The highest BCUT2D eigenvalue weighted by molar-refractivity contribution is 14.0. The van der Waals surface area contributed by atoms with E-state index in [2.05, 4.69) is 25.6 Å². The third kappa shape index (κ3) is 9.15. The predicted molar refractivity (Wildman–Crippen MR) is 114 cm³/mol. The van der Waals surface area contributed by atoms with Gasteiger partial charge in [0.15, 0.2) is 5.96 Å². The molecule has 0 aliphatic carbocycles. The number of aryl methyl sites for hydroxylation is 1. The van der Waals surface area contributed by atoms with Crippen molar-refractivity contribution >= 4 is 29.9 Å². The van der Waals surface area contributed by atoms with Gasteiger partial charge in [0.05, 0.1) is 25.4 Å². The van der Waals surface area contributed by atoms with Gasteiger partial charge in [-0.3, -0.25) is 14.6 Å². The lowest BCUT2D eigenvalue weighted by Crippen LogP contribution is -2.48. The van der Waals surface area contributed by atoms with Crippen LogP contribution in [0.5, 0.6) is 0 Å². The summed E-state index contributed by atoms with van der Waals surface area (Å²) in [5, 5.41) is 21.4. The van der Waals surface area contributed by atoms with Crippen LogP contribution in [-0.2, 0) is 11.3 Å². The number of ether oxygens (including phenoxy) is 1. The van der Waals surface area contributed by atoms with E-state index in [0.717, 1.165) is 58.3 Å². The molecular formula is C17H33IN6O2. The molecule has 1 saturated heterocycles. The minimum atomic E-state index is -0.852. The highest BCUT2D eigenvalue weighted by Gasteiger charge is 2.25. The Morgan fingerprint density at radius 1 is 1.35 bits per heavy atom. The van der Waals surface area contributed by atoms with E-state index in [1.165, 1.54) is 0 Å². The molecule has 1 fully saturated rings. The summed E-state index contributed by atoms with van der Waals surface area (Å²) in [4.78, 5) is 6.77. The first kappa shape index (κ1) is 23.1. The van der Waals surface area contributed by atoms with Crippen LogP contribution in [-0.4, -0.2) is 83.8 Å². The van der Waals surface area contributed by atoms with E-state index in [1.54, 1.807) is 6.20 Å². The molecule has 2 rings (SSSR count). The molecule has 1 aliphatic rings. The van der Waals surface area contributed by atoms with Gasteiger partial charge in [-0.15, -0.1) is 24.0 Å². The largest absolute Gasteiger partial charge is 0.387 e. The molecule has 0 spiro atoms. The number of hydrogen-bond donors (Lipinski definition) is 3. The zero-order valence-electron chi connectivity index (χ0n) is 15.9. The Labute approximate surface area is 173 Å². The van der Waals surface area contributed by atoms with E-state index in [0.29, 0.717) is 13.1 Å². The summed E-state index contributed by atoms with van der Waals surface area (Å²) >= 11 is 0. The van der Waals surface area contributed by atoms with Crippen LogP contribution in [0.25, 0.3) is 0 Å². The van der Waals surface area contributed by atoms with Gasteiger partial charge in [0.25, 0.3) is 0 Å². The monoisotopic (exact) mass is 480 g/mol. The normalized spacial score (nSPS) is 18.0. The van der Waals surface area contributed by atoms with Gasteiger partial charge in [0.1, 0.15) is 0 Å². The molecule has 150 valence electrons. The minimum absolute atomic E-state index is 0. The van der Waals surface area contributed by atoms with Gasteiger partial charge in [-0.2, -0.15) is 5.10 Å². The van der Waals surface area contributed by atoms with Crippen LogP contribution in [0.4, 0.5) is 0 Å². The first-order valence-corrected chi connectivity index (χ1v) is 9.11. The number of rotatable bonds is 9. The van der Waals surface area contributed by atoms with Gasteiger partial charge < -0.3 is 20.5 Å². The van der Waals surface area contributed by atoms with E-state index >= 15 is 0 Å². The molecule has 1 aromatic rings. The maximum atomic E-state index is 10.6. The molecule has 3 N–H and O–H groups in total. The van der Waals surface area contributed by atoms with E-state index in [9.17, 15) is 5.11 Å². The minimum Gasteiger partial charge on any atom is -0.387 e. The zero-order valence-corrected chi connectivity index (χ0v) is 18.2. The van der Waals surface area contributed by atoms with E-state index in [4.69, 9.17) is 4.74 Å². The highest BCUT2D eigenvalue weighted by atomic mass is 127. The van der Waals surface area contributed by atoms with Crippen LogP contribution in [0.2, 0.25) is 0 Å². The number of morpholine rings is 1. The van der Waals surface area contributed by atoms with E-state index in [-0.39, 0.29) is 24.0 Å². The molecule has 9 heteroatoms. The molecule has 0 bridgehead atoms. The van der Waals surface area contributed by atoms with Crippen LogP contribution in [0.3, 0.4) is 0 Å². The van der Waals surface area contributed by atoms with Crippen molar-refractivity contribution in [3.63, 3.8) is 0 Å². The molecule has 0 amide bonds. The first-order chi connectivity index (χ1) is 12.1. The number of hydrogen-bond acceptors (Lipinski definition) is 5. The molecule has 1 unspecified atom stereocenters. The number of halogens is 1. The van der Waals surface area contributed by atoms with Crippen molar-refractivity contribution in [2.75, 3.05) is 52.5 Å². The SMILES string of the molecule is CCNC(=NCC(C)(O)CN1CCOCC1)NCCCn1cccn1.I. The lowest BCUT2D eigenvalue weighted by atomic mass is 10.1. The van der Waals surface area contributed by atoms with Crippen LogP contribution in [0, 0.1) is 0 Å². The van der Waals surface area contributed by atoms with Crippen LogP contribution in [0.15, 0.2) is 23.5 Å². The Balaban J connectivity index is 0.00000338. The predicted octanol–water partition coefficient (Wildman–Crippen LogP) is 0.530. The Morgan fingerprint density at radius 3 is 2.77 bits per heavy atom. The van der Waals surface area contributed by atoms with Crippen molar-refractivity contribution in [1.29, 1.82) is 0 Å². The number of nitrogens with one attached hydrogen (secondary N) is 2. The van der Waals surface area contributed by atoms with Crippen molar-refractivity contribution in [3.05, 3.63) is 18.5 Å². The molecule has 2 heterocycles. The molecule has 1 atom stereocenters. The topological polar surface area (TPSA) is 86.9 Å². The fourth-order valence-electron chi connectivity index (χ4n) is 2.76. The summed E-state index contributed by atoms with van der Waals surface area (Å²) in [5.74, 6) is 0.741. The van der Waals surface area contributed by atoms with Gasteiger partial charge in [0.2, 0.25) is 0 Å². The Hall–Kier alpha value is -0.910. The Kier molecular flexibility index (Phi) is 11.1. The number of nitrogens with zero attached hydrogens (tertiary/aromatic N) is 4. The number of β-amino-alcohol motifs (C(OH)–C–C–N with tert-alkyl or cyclic N) is 1. The lowest BCUT2D eigenvalue weighted by Gasteiger charge is -2.33. The van der Waals surface area contributed by atoms with Crippen LogP contribution in [0.1, 0.15) is 20.3 Å². The standard InChI is InChI=1S/C17H32N6O2.HI/c1-3-18-16(19-6-4-8-23-9-5-7-21-23)20-14-17(2,24)15-22-10-12-25-13-11-22;/h5,7,9,24H,3-4,6,8,10-15H2,1-2H3,(H2,18,19,20);1H. The van der Waals surface area contributed by atoms with Crippen molar-refractivity contribution < 1.29 is 9.84 Å². The summed E-state index contributed by atoms with van der Waals surface area (Å²) in [6.45, 7) is 10.5. The summed E-state index contributed by atoms with van der Waals surface area (Å²) in [6.07, 6.45) is 4.70. The maximum Gasteiger partial charge on any atom is 0.191 e. The van der Waals surface area contributed by atoms with E-state index < -0.39 is 5.60 Å². The second-order valence-corrected chi connectivity index (χ2v) is 6.63. The number of guanidine groups is 1. The maximum absolute atomic E-state index is 10.6. The van der Waals surface area contributed by atoms with Gasteiger partial charge in [-0.1, -0.05) is 0 Å². The van der Waals surface area contributed by atoms with Crippen molar-refractivity contribution in [3.8, 4) is 0 Å². The van der Waals surface area contributed by atoms with Gasteiger partial charge in [0, 0.05) is 51.7 Å². The second kappa shape index (κ2) is 12.5. The number of aliphatic hydroxyl groups is 1. The molecule has 0 saturated carbocycles.